The van der Waals surface area contributed by atoms with Crippen molar-refractivity contribution in [2.24, 2.45) is 5.92 Å². The van der Waals surface area contributed by atoms with Gasteiger partial charge in [0, 0.05) is 61.1 Å². The second-order valence-corrected chi connectivity index (χ2v) is 18.2. The lowest BCUT2D eigenvalue weighted by Crippen LogP contribution is -2.23. The Morgan fingerprint density at radius 3 is 1.82 bits per heavy atom. The number of rotatable bonds is 20. The molecule has 396 valence electrons. The Labute approximate surface area is 447 Å². The maximum absolute atomic E-state index is 15.8. The van der Waals surface area contributed by atoms with Gasteiger partial charge < -0.3 is 46.7 Å². The Morgan fingerprint density at radius 1 is 0.697 bits per heavy atom. The number of carboxylic acids is 1. The summed E-state index contributed by atoms with van der Waals surface area (Å²) in [5, 5.41) is 31.4. The van der Waals surface area contributed by atoms with E-state index >= 15 is 4.39 Å². The average molecular weight is 1030 g/mol. The molecule has 12 heteroatoms. The minimum absolute atomic E-state index is 0.0464. The largest absolute Gasteiger partial charge is 0.493 e. The van der Waals surface area contributed by atoms with E-state index in [9.17, 15) is 4.79 Å². The van der Waals surface area contributed by atoms with Crippen molar-refractivity contribution in [2.75, 3.05) is 31.8 Å². The molecule has 76 heavy (non-hydrogen) atoms. The molecule has 0 heterocycles. The third-order valence-corrected chi connectivity index (χ3v) is 13.0. The van der Waals surface area contributed by atoms with Gasteiger partial charge in [0.1, 0.15) is 17.3 Å². The lowest BCUT2D eigenvalue weighted by molar-refractivity contribution is -0.131. The fourth-order valence-electron chi connectivity index (χ4n) is 9.21. The number of carbonyl (C=O) groups is 2. The molecule has 0 aromatic heterocycles. The monoisotopic (exact) mass is 1030 g/mol. The maximum Gasteiger partial charge on any atom is 0.328 e. The highest BCUT2D eigenvalue weighted by atomic mass is 19.1. The number of halogens is 1. The molecule has 1 aliphatic rings. The van der Waals surface area contributed by atoms with Crippen molar-refractivity contribution in [3.05, 3.63) is 201 Å². The standard InChI is InChI=1S/C33H35FN2O3.C30H34N2O2.CH2O2/c1-3-27(24-5-4-6-26(19-24)39-25-14-7-21(2)8-15-25)32(28-16-17-30(36)29(20-35)33(28)34)23-12-9-22(10-13-23)11-18-31(37)38;1-4-8-22-11-13-23(14-12-22)30(25-15-16-29(32)26(19-25)21-31)28(5-2)24-9-6-10-27(20-24)34-18-7-17-33-3;2-1-3/h4-6,9-13,16-21,25,35H,3,7-8,14-15,36H2,1-2H3,(H,37,38);4,6,8-16,19-21,31H,5,7,17-18,32H2,1-3H3;1H,(H,2,3)/b18-11+,32-27+,35-20?;8-4+,30-28+,31-21?;. The Morgan fingerprint density at radius 2 is 1.25 bits per heavy atom. The number of benzene rings is 6. The zero-order valence-corrected chi connectivity index (χ0v) is 44.2. The van der Waals surface area contributed by atoms with Gasteiger partial charge in [0.15, 0.2) is 0 Å². The Balaban J connectivity index is 0.000000269. The van der Waals surface area contributed by atoms with Crippen LogP contribution in [0.2, 0.25) is 0 Å². The summed E-state index contributed by atoms with van der Waals surface area (Å²) in [5.41, 5.74) is 24.8. The Kier molecular flexibility index (Phi) is 23.2. The number of carboxylic acid groups (broad SMARTS) is 2. The van der Waals surface area contributed by atoms with Gasteiger partial charge in [-0.1, -0.05) is 112 Å². The van der Waals surface area contributed by atoms with Crippen molar-refractivity contribution >= 4 is 70.7 Å². The number of nitrogens with one attached hydrogen (secondary N) is 2. The molecular weight excluding hydrogens is 956 g/mol. The molecule has 1 saturated carbocycles. The van der Waals surface area contributed by atoms with E-state index in [2.05, 4.69) is 56.3 Å². The van der Waals surface area contributed by atoms with Gasteiger partial charge in [0.25, 0.3) is 6.47 Å². The molecule has 0 atom stereocenters. The van der Waals surface area contributed by atoms with Crippen LogP contribution in [-0.4, -0.2) is 61.5 Å². The maximum atomic E-state index is 15.8. The van der Waals surface area contributed by atoms with Gasteiger partial charge in [0.05, 0.1) is 18.3 Å². The predicted molar refractivity (Wildman–Crippen MR) is 310 cm³/mol. The summed E-state index contributed by atoms with van der Waals surface area (Å²) >= 11 is 0. The predicted octanol–water partition coefficient (Wildman–Crippen LogP) is 14.6. The highest BCUT2D eigenvalue weighted by molar-refractivity contribution is 6.02. The molecule has 6 aromatic carbocycles. The molecule has 1 aliphatic carbocycles. The topological polar surface area (TPSA) is 202 Å². The van der Waals surface area contributed by atoms with Crippen molar-refractivity contribution in [2.45, 2.75) is 78.7 Å². The number of ether oxygens (including phenoxy) is 3. The van der Waals surface area contributed by atoms with Crippen molar-refractivity contribution in [3.8, 4) is 11.5 Å². The van der Waals surface area contributed by atoms with E-state index < -0.39 is 11.8 Å². The molecule has 0 spiro atoms. The highest BCUT2D eigenvalue weighted by Gasteiger charge is 2.22. The van der Waals surface area contributed by atoms with Crippen LogP contribution in [0.1, 0.15) is 128 Å². The van der Waals surface area contributed by atoms with Gasteiger partial charge in [-0.05, 0) is 167 Å². The SMILES string of the molecule is C/C=C/c1ccc(/C(=C(/CC)c2cccc(OCCCOC)c2)c2ccc(N)c(C=N)c2)cc1.CC/C(=C(/c1ccc(/C=C/C(=O)O)cc1)c1ccc(N)c(C=N)c1F)c1cccc(OC2CCC(C)CC2)c1.O=CO. The zero-order chi connectivity index (χ0) is 55.0. The minimum Gasteiger partial charge on any atom is -0.493 e. The molecule has 8 N–H and O–H groups in total. The summed E-state index contributed by atoms with van der Waals surface area (Å²) in [7, 11) is 1.70. The lowest BCUT2D eigenvalue weighted by atomic mass is 9.86. The van der Waals surface area contributed by atoms with Crippen LogP contribution < -0.4 is 20.9 Å². The van der Waals surface area contributed by atoms with Crippen molar-refractivity contribution < 1.29 is 38.4 Å². The summed E-state index contributed by atoms with van der Waals surface area (Å²) in [6.45, 7) is 9.55. The first kappa shape index (κ1) is 58.5. The number of aliphatic carboxylic acids is 1. The van der Waals surface area contributed by atoms with Gasteiger partial charge in [-0.25, -0.2) is 9.18 Å². The number of hydrogen-bond donors (Lipinski definition) is 6. The van der Waals surface area contributed by atoms with Crippen molar-refractivity contribution in [1.29, 1.82) is 10.8 Å². The highest BCUT2D eigenvalue weighted by Crippen LogP contribution is 2.40. The summed E-state index contributed by atoms with van der Waals surface area (Å²) in [5.74, 6) is 0.801. The minimum atomic E-state index is -1.03. The molecule has 1 fully saturated rings. The molecule has 0 radical (unpaired) electrons. The molecule has 0 aliphatic heterocycles. The molecule has 0 saturated heterocycles. The van der Waals surface area contributed by atoms with Crippen molar-refractivity contribution in [3.63, 3.8) is 0 Å². The van der Waals surface area contributed by atoms with Crippen LogP contribution in [-0.2, 0) is 14.3 Å². The number of methoxy groups -OCH3 is 1. The number of nitrogen functional groups attached to an aromatic ring is 2. The molecule has 0 bridgehead atoms. The second kappa shape index (κ2) is 30.1. The smallest absolute Gasteiger partial charge is 0.328 e. The van der Waals surface area contributed by atoms with Crippen LogP contribution in [0, 0.1) is 22.6 Å². The number of allylic oxidation sites excluding steroid dienone is 3. The van der Waals surface area contributed by atoms with Gasteiger partial charge in [-0.15, -0.1) is 0 Å². The van der Waals surface area contributed by atoms with Crippen LogP contribution in [0.3, 0.4) is 0 Å². The molecule has 0 amide bonds. The quantitative estimate of drug-likeness (QED) is 0.0107. The van der Waals surface area contributed by atoms with Gasteiger partial charge in [-0.3, -0.25) is 4.79 Å². The summed E-state index contributed by atoms with van der Waals surface area (Å²) in [6.07, 6.45) is 15.9. The Bertz CT molecular complexity index is 3020. The Hall–Kier alpha value is -8.35. The number of anilines is 2. The van der Waals surface area contributed by atoms with E-state index in [1.807, 2.05) is 86.7 Å². The van der Waals surface area contributed by atoms with Crippen LogP contribution in [0.25, 0.3) is 34.4 Å². The van der Waals surface area contributed by atoms with E-state index in [4.69, 9.17) is 51.5 Å². The average Bonchev–Trinajstić information content (AvgIpc) is 3.44. The van der Waals surface area contributed by atoms with Crippen molar-refractivity contribution in [1.82, 2.24) is 0 Å². The van der Waals surface area contributed by atoms with E-state index in [0.717, 1.165) is 113 Å². The first-order valence-electron chi connectivity index (χ1n) is 25.6. The molecule has 0 unspecified atom stereocenters. The second-order valence-electron chi connectivity index (χ2n) is 18.2. The van der Waals surface area contributed by atoms with Crippen LogP contribution >= 0.6 is 0 Å². The summed E-state index contributed by atoms with van der Waals surface area (Å²) < 4.78 is 33.3. The van der Waals surface area contributed by atoms with E-state index in [0.29, 0.717) is 47.6 Å². The van der Waals surface area contributed by atoms with Crippen LogP contribution in [0.5, 0.6) is 11.5 Å². The lowest BCUT2D eigenvalue weighted by Gasteiger charge is -2.27. The third-order valence-electron chi connectivity index (χ3n) is 13.0. The zero-order valence-electron chi connectivity index (χ0n) is 44.2. The van der Waals surface area contributed by atoms with Gasteiger partial charge >= 0.3 is 5.97 Å². The summed E-state index contributed by atoms with van der Waals surface area (Å²) in [4.78, 5) is 19.3. The molecule has 11 nitrogen and oxygen atoms in total. The molecular formula is C64H71FN4O7. The van der Waals surface area contributed by atoms with Crippen LogP contribution in [0.4, 0.5) is 15.8 Å². The summed E-state index contributed by atoms with van der Waals surface area (Å²) in [6, 6.07) is 41.3. The molecule has 6 aromatic rings. The third kappa shape index (κ3) is 16.3. The van der Waals surface area contributed by atoms with E-state index in [-0.39, 0.29) is 23.8 Å². The van der Waals surface area contributed by atoms with Gasteiger partial charge in [0.2, 0.25) is 0 Å². The number of hydrogen-bond acceptors (Lipinski definition) is 9. The van der Waals surface area contributed by atoms with Crippen LogP contribution in [0.15, 0.2) is 140 Å². The van der Waals surface area contributed by atoms with Gasteiger partial charge in [-0.2, -0.15) is 0 Å². The fourth-order valence-corrected chi connectivity index (χ4v) is 9.21. The van der Waals surface area contributed by atoms with E-state index in [1.54, 1.807) is 31.4 Å². The first-order valence-corrected chi connectivity index (χ1v) is 25.6. The first-order chi connectivity index (χ1) is 36.8. The number of nitrogens with two attached hydrogens (primary N) is 2. The normalized spacial score (nSPS) is 14.8. The molecule has 7 rings (SSSR count). The fraction of sp³-hybridized carbons (Fsp3) is 0.250. The van der Waals surface area contributed by atoms with E-state index in [1.165, 1.54) is 17.9 Å².